The SMILES string of the molecule is CCOC[C@@H](O)[C@@H](OCC)[C@H](OCC)[C@@H](CO)OCC. The Bertz CT molecular complexity index is 214. The first-order valence-corrected chi connectivity index (χ1v) is 7.37. The van der Waals surface area contributed by atoms with Gasteiger partial charge in [-0.2, -0.15) is 0 Å². The van der Waals surface area contributed by atoms with Crippen LogP contribution in [-0.2, 0) is 18.9 Å². The van der Waals surface area contributed by atoms with Crippen LogP contribution in [0, 0.1) is 0 Å². The summed E-state index contributed by atoms with van der Waals surface area (Å²) in [7, 11) is 0. The molecule has 0 rings (SSSR count). The van der Waals surface area contributed by atoms with E-state index in [1.54, 1.807) is 0 Å². The summed E-state index contributed by atoms with van der Waals surface area (Å²) in [5.74, 6) is 0. The van der Waals surface area contributed by atoms with Crippen LogP contribution in [0.3, 0.4) is 0 Å². The number of hydrogen-bond acceptors (Lipinski definition) is 6. The molecule has 0 radical (unpaired) electrons. The highest BCUT2D eigenvalue weighted by Gasteiger charge is 2.36. The molecule has 0 unspecified atom stereocenters. The fourth-order valence-electron chi connectivity index (χ4n) is 2.02. The van der Waals surface area contributed by atoms with E-state index in [0.717, 1.165) is 0 Å². The molecule has 6 nitrogen and oxygen atoms in total. The molecule has 0 spiro atoms. The second kappa shape index (κ2) is 12.5. The van der Waals surface area contributed by atoms with E-state index in [1.165, 1.54) is 0 Å². The quantitative estimate of drug-likeness (QED) is 0.518. The predicted molar refractivity (Wildman–Crippen MR) is 75.8 cm³/mol. The van der Waals surface area contributed by atoms with E-state index in [-0.39, 0.29) is 13.2 Å². The van der Waals surface area contributed by atoms with Gasteiger partial charge in [0.1, 0.15) is 24.4 Å². The molecule has 20 heavy (non-hydrogen) atoms. The summed E-state index contributed by atoms with van der Waals surface area (Å²) in [5.41, 5.74) is 0. The Morgan fingerprint density at radius 1 is 0.800 bits per heavy atom. The zero-order chi connectivity index (χ0) is 15.4. The normalized spacial score (nSPS) is 17.7. The van der Waals surface area contributed by atoms with Crippen LogP contribution < -0.4 is 0 Å². The van der Waals surface area contributed by atoms with Gasteiger partial charge in [-0.05, 0) is 27.7 Å². The van der Waals surface area contributed by atoms with Crippen molar-refractivity contribution in [2.45, 2.75) is 52.1 Å². The van der Waals surface area contributed by atoms with Gasteiger partial charge in [0.05, 0.1) is 13.2 Å². The zero-order valence-corrected chi connectivity index (χ0v) is 13.1. The van der Waals surface area contributed by atoms with Crippen LogP contribution >= 0.6 is 0 Å². The van der Waals surface area contributed by atoms with Gasteiger partial charge in [-0.3, -0.25) is 0 Å². The molecule has 0 saturated heterocycles. The minimum Gasteiger partial charge on any atom is -0.394 e. The van der Waals surface area contributed by atoms with Gasteiger partial charge in [0.25, 0.3) is 0 Å². The molecule has 0 aliphatic heterocycles. The number of ether oxygens (including phenoxy) is 4. The lowest BCUT2D eigenvalue weighted by molar-refractivity contribution is -0.179. The highest BCUT2D eigenvalue weighted by Crippen LogP contribution is 2.16. The predicted octanol–water partition coefficient (Wildman–Crippen LogP) is 0.591. The van der Waals surface area contributed by atoms with E-state index < -0.39 is 24.4 Å². The molecule has 4 atom stereocenters. The number of aliphatic hydroxyl groups excluding tert-OH is 2. The third-order valence-electron chi connectivity index (χ3n) is 2.84. The highest BCUT2D eigenvalue weighted by molar-refractivity contribution is 4.85. The molecule has 0 fully saturated rings. The minimum absolute atomic E-state index is 0.162. The molecule has 0 saturated carbocycles. The van der Waals surface area contributed by atoms with Crippen molar-refractivity contribution in [3.8, 4) is 0 Å². The van der Waals surface area contributed by atoms with Gasteiger partial charge in [-0.1, -0.05) is 0 Å². The Labute approximate surface area is 122 Å². The molecule has 2 N–H and O–H groups in total. The third-order valence-corrected chi connectivity index (χ3v) is 2.84. The first kappa shape index (κ1) is 19.8. The molecular formula is C14H30O6. The molecule has 0 amide bonds. The molecule has 0 aliphatic carbocycles. The van der Waals surface area contributed by atoms with Crippen molar-refractivity contribution in [3.05, 3.63) is 0 Å². The van der Waals surface area contributed by atoms with E-state index in [9.17, 15) is 10.2 Å². The van der Waals surface area contributed by atoms with Gasteiger partial charge in [-0.15, -0.1) is 0 Å². The van der Waals surface area contributed by atoms with Gasteiger partial charge < -0.3 is 29.2 Å². The Morgan fingerprint density at radius 2 is 1.35 bits per heavy atom. The maximum absolute atomic E-state index is 10.2. The van der Waals surface area contributed by atoms with E-state index in [4.69, 9.17) is 18.9 Å². The summed E-state index contributed by atoms with van der Waals surface area (Å²) in [4.78, 5) is 0. The molecule has 0 aromatic carbocycles. The van der Waals surface area contributed by atoms with Crippen molar-refractivity contribution in [2.24, 2.45) is 0 Å². The van der Waals surface area contributed by atoms with Crippen molar-refractivity contribution in [2.75, 3.05) is 39.6 Å². The van der Waals surface area contributed by atoms with Crippen LogP contribution in [0.5, 0.6) is 0 Å². The average Bonchev–Trinajstić information content (AvgIpc) is 2.46. The van der Waals surface area contributed by atoms with E-state index in [0.29, 0.717) is 26.4 Å². The Balaban J connectivity index is 4.89. The van der Waals surface area contributed by atoms with E-state index >= 15 is 0 Å². The summed E-state index contributed by atoms with van der Waals surface area (Å²) < 4.78 is 22.0. The van der Waals surface area contributed by atoms with Crippen molar-refractivity contribution < 1.29 is 29.2 Å². The number of hydrogen-bond donors (Lipinski definition) is 2. The fourth-order valence-corrected chi connectivity index (χ4v) is 2.02. The first-order chi connectivity index (χ1) is 9.65. The van der Waals surface area contributed by atoms with Gasteiger partial charge >= 0.3 is 0 Å². The molecule has 0 heterocycles. The first-order valence-electron chi connectivity index (χ1n) is 7.37. The van der Waals surface area contributed by atoms with Gasteiger partial charge in [-0.25, -0.2) is 0 Å². The maximum Gasteiger partial charge on any atom is 0.115 e. The smallest absolute Gasteiger partial charge is 0.115 e. The van der Waals surface area contributed by atoms with Crippen molar-refractivity contribution in [3.63, 3.8) is 0 Å². The van der Waals surface area contributed by atoms with Crippen LogP contribution in [0.4, 0.5) is 0 Å². The Morgan fingerprint density at radius 3 is 1.80 bits per heavy atom. The van der Waals surface area contributed by atoms with Gasteiger partial charge in [0, 0.05) is 26.4 Å². The van der Waals surface area contributed by atoms with Crippen molar-refractivity contribution >= 4 is 0 Å². The number of aliphatic hydroxyl groups is 2. The summed E-state index contributed by atoms with van der Waals surface area (Å²) in [6, 6.07) is 0. The third kappa shape index (κ3) is 6.97. The lowest BCUT2D eigenvalue weighted by Gasteiger charge is -2.34. The maximum atomic E-state index is 10.2. The topological polar surface area (TPSA) is 77.4 Å². The minimum atomic E-state index is -0.832. The molecule has 0 aliphatic rings. The fraction of sp³-hybridized carbons (Fsp3) is 1.00. The lowest BCUT2D eigenvalue weighted by atomic mass is 10.0. The molecule has 0 aromatic heterocycles. The molecule has 0 bridgehead atoms. The Hall–Kier alpha value is -0.240. The summed E-state index contributed by atoms with van der Waals surface area (Å²) in [6.45, 7) is 9.22. The van der Waals surface area contributed by atoms with Gasteiger partial charge in [0.15, 0.2) is 0 Å². The summed E-state index contributed by atoms with van der Waals surface area (Å²) in [5, 5.41) is 19.7. The van der Waals surface area contributed by atoms with Crippen molar-refractivity contribution in [1.29, 1.82) is 0 Å². The van der Waals surface area contributed by atoms with Crippen LogP contribution in [0.1, 0.15) is 27.7 Å². The standard InChI is InChI=1S/C14H30O6/c1-5-17-10-11(16)13(19-7-3)14(20-8-4)12(9-15)18-6-2/h11-16H,5-10H2,1-4H3/t11-,12-,13-,14-/m1/s1. The van der Waals surface area contributed by atoms with Crippen molar-refractivity contribution in [1.82, 2.24) is 0 Å². The summed E-state index contributed by atoms with van der Waals surface area (Å²) in [6.07, 6.45) is -2.51. The molecule has 122 valence electrons. The average molecular weight is 294 g/mol. The molecule has 6 heteroatoms. The zero-order valence-electron chi connectivity index (χ0n) is 13.1. The lowest BCUT2D eigenvalue weighted by Crippen LogP contribution is -2.51. The van der Waals surface area contributed by atoms with Crippen LogP contribution in [-0.4, -0.2) is 74.3 Å². The second-order valence-electron chi connectivity index (χ2n) is 4.24. The summed E-state index contributed by atoms with van der Waals surface area (Å²) >= 11 is 0. The van der Waals surface area contributed by atoms with E-state index in [1.807, 2.05) is 27.7 Å². The molecular weight excluding hydrogens is 264 g/mol. The number of rotatable bonds is 13. The van der Waals surface area contributed by atoms with Crippen LogP contribution in [0.2, 0.25) is 0 Å². The van der Waals surface area contributed by atoms with E-state index in [2.05, 4.69) is 0 Å². The Kier molecular flexibility index (Phi) is 12.3. The molecule has 0 aromatic rings. The highest BCUT2D eigenvalue weighted by atomic mass is 16.6. The van der Waals surface area contributed by atoms with Crippen LogP contribution in [0.15, 0.2) is 0 Å². The van der Waals surface area contributed by atoms with Crippen LogP contribution in [0.25, 0.3) is 0 Å². The second-order valence-corrected chi connectivity index (χ2v) is 4.24. The largest absolute Gasteiger partial charge is 0.394 e. The monoisotopic (exact) mass is 294 g/mol. The van der Waals surface area contributed by atoms with Gasteiger partial charge in [0.2, 0.25) is 0 Å².